The van der Waals surface area contributed by atoms with Crippen LogP contribution in [-0.4, -0.2) is 21.2 Å². The van der Waals surface area contributed by atoms with E-state index in [1.54, 1.807) is 31.2 Å². The largest absolute Gasteiger partial charge is 0.465 e. The normalized spacial score (nSPS) is 11.5. The van der Waals surface area contributed by atoms with Crippen LogP contribution in [0.1, 0.15) is 12.7 Å². The molecule has 2 aromatic rings. The number of allylic oxidation sites excluding steroid dienone is 1. The summed E-state index contributed by atoms with van der Waals surface area (Å²) in [5.74, 6) is 0.310. The molecule has 0 spiro atoms. The number of hydrogen-bond acceptors (Lipinski definition) is 3. The number of carboxylic acid groups (broad SMARTS) is 1. The molecular formula is C12H11N3O3. The number of para-hydroxylation sites is 1. The topological polar surface area (TPSA) is 95.1 Å². The minimum absolute atomic E-state index is 0.255. The molecule has 2 rings (SSSR count). The van der Waals surface area contributed by atoms with Crippen LogP contribution in [-0.2, 0) is 0 Å². The van der Waals surface area contributed by atoms with Gasteiger partial charge in [-0.25, -0.2) is 9.78 Å². The molecule has 6 heteroatoms. The van der Waals surface area contributed by atoms with Crippen LogP contribution in [0.3, 0.4) is 0 Å². The number of nitrogens with zero attached hydrogens (tertiary/aromatic N) is 1. The summed E-state index contributed by atoms with van der Waals surface area (Å²) in [5, 5.41) is 11.2. The fourth-order valence-corrected chi connectivity index (χ4v) is 1.58. The summed E-state index contributed by atoms with van der Waals surface area (Å²) in [7, 11) is 0. The predicted octanol–water partition coefficient (Wildman–Crippen LogP) is 1.55. The Hall–Kier alpha value is -2.63. The van der Waals surface area contributed by atoms with Crippen LogP contribution in [0.15, 0.2) is 34.8 Å². The molecule has 0 saturated heterocycles. The minimum atomic E-state index is -1.16. The summed E-state index contributed by atoms with van der Waals surface area (Å²) in [6.07, 6.45) is 0.300. The molecule has 92 valence electrons. The number of rotatable bonds is 2. The maximum Gasteiger partial charge on any atom is 0.408 e. The molecule has 0 fully saturated rings. The van der Waals surface area contributed by atoms with Crippen molar-refractivity contribution in [2.75, 3.05) is 0 Å². The second-order valence-electron chi connectivity index (χ2n) is 3.73. The van der Waals surface area contributed by atoms with Gasteiger partial charge < -0.3 is 10.1 Å². The lowest BCUT2D eigenvalue weighted by Crippen LogP contribution is -2.18. The second kappa shape index (κ2) is 4.70. The molecule has 3 N–H and O–H groups in total. The molecule has 0 saturated carbocycles. The summed E-state index contributed by atoms with van der Waals surface area (Å²) in [5.41, 5.74) is 0.687. The molecule has 1 amide bonds. The Morgan fingerprint density at radius 1 is 1.44 bits per heavy atom. The number of nitrogens with one attached hydrogen (secondary N) is 2. The van der Waals surface area contributed by atoms with Gasteiger partial charge in [-0.2, -0.15) is 0 Å². The molecule has 0 aliphatic rings. The number of carbonyl (C=O) groups is 1. The zero-order chi connectivity index (χ0) is 13.1. The third-order valence-corrected chi connectivity index (χ3v) is 2.29. The lowest BCUT2D eigenvalue weighted by atomic mass is 10.2. The van der Waals surface area contributed by atoms with Gasteiger partial charge in [0.2, 0.25) is 0 Å². The number of fused-ring (bicyclic) bond motifs is 1. The average molecular weight is 245 g/mol. The van der Waals surface area contributed by atoms with E-state index in [-0.39, 0.29) is 5.56 Å². The van der Waals surface area contributed by atoms with Gasteiger partial charge in [-0.1, -0.05) is 12.1 Å². The summed E-state index contributed by atoms with van der Waals surface area (Å²) in [4.78, 5) is 29.0. The highest BCUT2D eigenvalue weighted by atomic mass is 16.4. The van der Waals surface area contributed by atoms with Crippen molar-refractivity contribution in [3.63, 3.8) is 0 Å². The maximum absolute atomic E-state index is 11.7. The summed E-state index contributed by atoms with van der Waals surface area (Å²) >= 11 is 0. The van der Waals surface area contributed by atoms with Gasteiger partial charge in [0.25, 0.3) is 5.56 Å². The van der Waals surface area contributed by atoms with E-state index >= 15 is 0 Å². The number of benzene rings is 1. The van der Waals surface area contributed by atoms with E-state index in [9.17, 15) is 9.59 Å². The SMILES string of the molecule is C/C(=C/c1nc2ccccc2c(=O)[nH]1)NC(=O)O. The van der Waals surface area contributed by atoms with Crippen molar-refractivity contribution < 1.29 is 9.90 Å². The molecule has 0 aliphatic heterocycles. The smallest absolute Gasteiger partial charge is 0.408 e. The standard InChI is InChI=1S/C12H11N3O3/c1-7(13-12(17)18)6-10-14-9-5-3-2-4-8(9)11(16)15-10/h2-6,13H,1H3,(H,17,18)(H,14,15,16)/b7-6-. The quantitative estimate of drug-likeness (QED) is 0.748. The van der Waals surface area contributed by atoms with Gasteiger partial charge >= 0.3 is 6.09 Å². The fourth-order valence-electron chi connectivity index (χ4n) is 1.58. The number of aromatic amines is 1. The van der Waals surface area contributed by atoms with Crippen LogP contribution >= 0.6 is 0 Å². The van der Waals surface area contributed by atoms with E-state index in [1.165, 1.54) is 6.08 Å². The number of hydrogen-bond donors (Lipinski definition) is 3. The van der Waals surface area contributed by atoms with E-state index in [2.05, 4.69) is 15.3 Å². The van der Waals surface area contributed by atoms with Crippen molar-refractivity contribution in [3.8, 4) is 0 Å². The highest BCUT2D eigenvalue weighted by Crippen LogP contribution is 2.07. The summed E-state index contributed by atoms with van der Waals surface area (Å²) in [6, 6.07) is 6.94. The van der Waals surface area contributed by atoms with Crippen LogP contribution in [0.5, 0.6) is 0 Å². The van der Waals surface area contributed by atoms with E-state index in [1.807, 2.05) is 0 Å². The molecule has 1 aromatic heterocycles. The highest BCUT2D eigenvalue weighted by Gasteiger charge is 2.02. The third-order valence-electron chi connectivity index (χ3n) is 2.29. The van der Waals surface area contributed by atoms with Crippen molar-refractivity contribution in [1.82, 2.24) is 15.3 Å². The summed E-state index contributed by atoms with van der Waals surface area (Å²) in [6.45, 7) is 1.57. The van der Waals surface area contributed by atoms with E-state index in [0.717, 1.165) is 0 Å². The Bertz CT molecular complexity index is 688. The molecule has 18 heavy (non-hydrogen) atoms. The van der Waals surface area contributed by atoms with Gasteiger partial charge in [-0.3, -0.25) is 10.1 Å². The van der Waals surface area contributed by atoms with E-state index in [4.69, 9.17) is 5.11 Å². The van der Waals surface area contributed by atoms with Crippen molar-refractivity contribution in [2.24, 2.45) is 0 Å². The molecule has 0 aliphatic carbocycles. The Morgan fingerprint density at radius 2 is 2.17 bits per heavy atom. The zero-order valence-corrected chi connectivity index (χ0v) is 9.60. The molecular weight excluding hydrogens is 234 g/mol. The third kappa shape index (κ3) is 2.54. The Balaban J connectivity index is 2.47. The number of aromatic nitrogens is 2. The first-order chi connectivity index (χ1) is 8.56. The van der Waals surface area contributed by atoms with Gasteiger partial charge in [-0.15, -0.1) is 0 Å². The summed E-state index contributed by atoms with van der Waals surface area (Å²) < 4.78 is 0. The van der Waals surface area contributed by atoms with Gasteiger partial charge in [0, 0.05) is 11.8 Å². The molecule has 1 heterocycles. The molecule has 0 bridgehead atoms. The Morgan fingerprint density at radius 3 is 2.89 bits per heavy atom. The van der Waals surface area contributed by atoms with Crippen molar-refractivity contribution in [2.45, 2.75) is 6.92 Å². The first-order valence-corrected chi connectivity index (χ1v) is 5.23. The molecule has 6 nitrogen and oxygen atoms in total. The van der Waals surface area contributed by atoms with Crippen LogP contribution in [0.4, 0.5) is 4.79 Å². The van der Waals surface area contributed by atoms with Gasteiger partial charge in [0.1, 0.15) is 5.82 Å². The van der Waals surface area contributed by atoms with Crippen LogP contribution in [0, 0.1) is 0 Å². The maximum atomic E-state index is 11.7. The van der Waals surface area contributed by atoms with E-state index < -0.39 is 6.09 Å². The van der Waals surface area contributed by atoms with Gasteiger partial charge in [0.05, 0.1) is 10.9 Å². The average Bonchev–Trinajstić information content (AvgIpc) is 2.27. The molecule has 0 radical (unpaired) electrons. The van der Waals surface area contributed by atoms with Crippen molar-refractivity contribution in [1.29, 1.82) is 0 Å². The fraction of sp³-hybridized carbons (Fsp3) is 0.0833. The Kier molecular flexibility index (Phi) is 3.09. The number of amides is 1. The monoisotopic (exact) mass is 245 g/mol. The van der Waals surface area contributed by atoms with Gasteiger partial charge in [-0.05, 0) is 19.1 Å². The zero-order valence-electron chi connectivity index (χ0n) is 9.60. The van der Waals surface area contributed by atoms with Crippen molar-refractivity contribution >= 4 is 23.1 Å². The lowest BCUT2D eigenvalue weighted by molar-refractivity contribution is 0.197. The van der Waals surface area contributed by atoms with Crippen LogP contribution in [0.2, 0.25) is 0 Å². The predicted molar refractivity (Wildman–Crippen MR) is 67.2 cm³/mol. The number of H-pyrrole nitrogens is 1. The molecule has 0 unspecified atom stereocenters. The first kappa shape index (κ1) is 11.8. The van der Waals surface area contributed by atoms with Crippen LogP contribution in [0.25, 0.3) is 17.0 Å². The van der Waals surface area contributed by atoms with E-state index in [0.29, 0.717) is 22.4 Å². The first-order valence-electron chi connectivity index (χ1n) is 5.23. The minimum Gasteiger partial charge on any atom is -0.465 e. The van der Waals surface area contributed by atoms with Crippen molar-refractivity contribution in [3.05, 3.63) is 46.1 Å². The van der Waals surface area contributed by atoms with Crippen LogP contribution < -0.4 is 10.9 Å². The lowest BCUT2D eigenvalue weighted by Gasteiger charge is -2.01. The second-order valence-corrected chi connectivity index (χ2v) is 3.73. The highest BCUT2D eigenvalue weighted by molar-refractivity contribution is 5.78. The van der Waals surface area contributed by atoms with Gasteiger partial charge in [0.15, 0.2) is 0 Å². The Labute approximate surface area is 102 Å². The molecule has 1 aromatic carbocycles. The molecule has 0 atom stereocenters.